The van der Waals surface area contributed by atoms with Crippen molar-refractivity contribution in [3.63, 3.8) is 0 Å². The van der Waals surface area contributed by atoms with Gasteiger partial charge in [0.1, 0.15) is 11.5 Å². The molecule has 0 spiro atoms. The number of carbonyl (C=O) groups excluding carboxylic acids is 1. The second kappa shape index (κ2) is 9.34. The Kier molecular flexibility index (Phi) is 6.06. The average Bonchev–Trinajstić information content (AvgIpc) is 3.34. The Balaban J connectivity index is 1.72. The Morgan fingerprint density at radius 3 is 2.31 bits per heavy atom. The molecule has 1 N–H and O–H groups in total. The number of amides is 1. The minimum atomic E-state index is -0.405. The molecule has 7 nitrogen and oxygen atoms in total. The van der Waals surface area contributed by atoms with Gasteiger partial charge >= 0.3 is 0 Å². The van der Waals surface area contributed by atoms with Gasteiger partial charge in [0.25, 0.3) is 5.56 Å². The molecule has 0 aliphatic carbocycles. The molecule has 0 bridgehead atoms. The lowest BCUT2D eigenvalue weighted by molar-refractivity contribution is -0.130. The van der Waals surface area contributed by atoms with Crippen molar-refractivity contribution in [3.05, 3.63) is 93.8 Å². The van der Waals surface area contributed by atoms with E-state index in [0.717, 1.165) is 33.2 Å². The van der Waals surface area contributed by atoms with Crippen LogP contribution in [-0.4, -0.2) is 35.8 Å². The third kappa shape index (κ3) is 4.13. The van der Waals surface area contributed by atoms with E-state index in [4.69, 9.17) is 14.6 Å². The van der Waals surface area contributed by atoms with Gasteiger partial charge < -0.3 is 14.5 Å². The fourth-order valence-electron chi connectivity index (χ4n) is 4.82. The van der Waals surface area contributed by atoms with Crippen LogP contribution in [0.4, 0.5) is 0 Å². The number of aryl methyl sites for hydroxylation is 1. The zero-order valence-corrected chi connectivity index (χ0v) is 20.7. The van der Waals surface area contributed by atoms with Crippen LogP contribution >= 0.6 is 0 Å². The van der Waals surface area contributed by atoms with Crippen molar-refractivity contribution in [1.29, 1.82) is 0 Å². The summed E-state index contributed by atoms with van der Waals surface area (Å²) in [7, 11) is 3.17. The van der Waals surface area contributed by atoms with Gasteiger partial charge in [-0.05, 0) is 42.3 Å². The summed E-state index contributed by atoms with van der Waals surface area (Å²) in [6.45, 7) is 3.50. The highest BCUT2D eigenvalue weighted by molar-refractivity contribution is 6.12. The number of ether oxygens (including phenoxy) is 2. The Morgan fingerprint density at radius 2 is 1.67 bits per heavy atom. The fourth-order valence-corrected chi connectivity index (χ4v) is 4.82. The molecule has 3 aromatic carbocycles. The third-order valence-electron chi connectivity index (χ3n) is 6.51. The van der Waals surface area contributed by atoms with Crippen LogP contribution in [0.25, 0.3) is 22.0 Å². The number of H-pyrrole nitrogens is 1. The molecule has 0 saturated carbocycles. The molecular weight excluding hydrogens is 454 g/mol. The standard InChI is InChI=1S/C29H27N3O4/c1-17-10-11-24-23(12-17)27(19-8-6-5-7-9-19)28(29(34)30-24)25-16-26(32(31-25)18(2)33)20-13-21(35-3)15-22(14-20)36-4/h5-15,26H,16H2,1-4H3,(H,30,34)/t26-/m0/s1. The quantitative estimate of drug-likeness (QED) is 0.424. The maximum absolute atomic E-state index is 13.5. The topological polar surface area (TPSA) is 84.0 Å². The first-order chi connectivity index (χ1) is 17.4. The van der Waals surface area contributed by atoms with Crippen LogP contribution in [0.5, 0.6) is 11.5 Å². The number of rotatable bonds is 5. The molecule has 1 aliphatic rings. The zero-order chi connectivity index (χ0) is 25.4. The number of fused-ring (bicyclic) bond motifs is 1. The van der Waals surface area contributed by atoms with Gasteiger partial charge in [-0.3, -0.25) is 9.59 Å². The predicted octanol–water partition coefficient (Wildman–Crippen LogP) is 5.22. The van der Waals surface area contributed by atoms with E-state index in [9.17, 15) is 9.59 Å². The van der Waals surface area contributed by atoms with Gasteiger partial charge in [-0.15, -0.1) is 0 Å². The lowest BCUT2D eigenvalue weighted by atomic mass is 9.90. The van der Waals surface area contributed by atoms with Crippen molar-refractivity contribution in [2.45, 2.75) is 26.3 Å². The monoisotopic (exact) mass is 481 g/mol. The number of benzene rings is 3. The van der Waals surface area contributed by atoms with Crippen molar-refractivity contribution in [3.8, 4) is 22.6 Å². The summed E-state index contributed by atoms with van der Waals surface area (Å²) in [5.74, 6) is 1.02. The van der Waals surface area contributed by atoms with Crippen molar-refractivity contribution >= 4 is 22.5 Å². The van der Waals surface area contributed by atoms with Gasteiger partial charge in [-0.25, -0.2) is 5.01 Å². The number of aromatic amines is 1. The summed E-state index contributed by atoms with van der Waals surface area (Å²) in [5.41, 5.74) is 5.17. The van der Waals surface area contributed by atoms with Gasteiger partial charge in [0.15, 0.2) is 0 Å². The van der Waals surface area contributed by atoms with Crippen LogP contribution < -0.4 is 15.0 Å². The molecule has 1 amide bonds. The number of methoxy groups -OCH3 is 2. The van der Waals surface area contributed by atoms with Gasteiger partial charge in [0.05, 0.1) is 31.5 Å². The highest BCUT2D eigenvalue weighted by Gasteiger charge is 2.34. The third-order valence-corrected chi connectivity index (χ3v) is 6.51. The van der Waals surface area contributed by atoms with Crippen molar-refractivity contribution in [1.82, 2.24) is 9.99 Å². The lowest BCUT2D eigenvalue weighted by Gasteiger charge is -2.21. The summed E-state index contributed by atoms with van der Waals surface area (Å²) < 4.78 is 10.9. The maximum atomic E-state index is 13.5. The van der Waals surface area contributed by atoms with Crippen LogP contribution in [0.15, 0.2) is 76.6 Å². The zero-order valence-electron chi connectivity index (χ0n) is 20.7. The Labute approximate surface area is 209 Å². The number of hydrazone groups is 1. The van der Waals surface area contributed by atoms with E-state index >= 15 is 0 Å². The molecule has 7 heteroatoms. The van der Waals surface area contributed by atoms with E-state index in [2.05, 4.69) is 11.1 Å². The van der Waals surface area contributed by atoms with Crippen LogP contribution in [0.2, 0.25) is 0 Å². The smallest absolute Gasteiger partial charge is 0.258 e. The lowest BCUT2D eigenvalue weighted by Crippen LogP contribution is -2.24. The van der Waals surface area contributed by atoms with E-state index in [-0.39, 0.29) is 11.5 Å². The van der Waals surface area contributed by atoms with Crippen molar-refractivity contribution in [2.75, 3.05) is 14.2 Å². The van der Waals surface area contributed by atoms with Gasteiger partial charge in [-0.1, -0.05) is 42.0 Å². The summed E-state index contributed by atoms with van der Waals surface area (Å²) in [5, 5.41) is 7.07. The molecule has 4 aromatic rings. The van der Waals surface area contributed by atoms with Gasteiger partial charge in [0, 0.05) is 35.9 Å². The highest BCUT2D eigenvalue weighted by atomic mass is 16.5. The number of hydrogen-bond acceptors (Lipinski definition) is 5. The average molecular weight is 482 g/mol. The number of carbonyl (C=O) groups is 1. The van der Waals surface area contributed by atoms with Gasteiger partial charge in [-0.2, -0.15) is 5.10 Å². The SMILES string of the molecule is COc1cc(OC)cc([C@@H]2CC(c3c(-c4ccccc4)c4cc(C)ccc4[nH]c3=O)=NN2C(C)=O)c1. The van der Waals surface area contributed by atoms with Crippen molar-refractivity contribution < 1.29 is 14.3 Å². The van der Waals surface area contributed by atoms with Crippen molar-refractivity contribution in [2.24, 2.45) is 5.10 Å². The second-order valence-electron chi connectivity index (χ2n) is 8.90. The number of pyridine rings is 1. The first kappa shape index (κ1) is 23.4. The molecule has 1 atom stereocenters. The molecule has 0 unspecified atom stereocenters. The molecule has 0 saturated heterocycles. The predicted molar refractivity (Wildman–Crippen MR) is 141 cm³/mol. The molecule has 182 valence electrons. The summed E-state index contributed by atoms with van der Waals surface area (Å²) in [6.07, 6.45) is 0.371. The molecule has 1 aliphatic heterocycles. The van der Waals surface area contributed by atoms with E-state index in [1.807, 2.05) is 61.5 Å². The number of nitrogens with zero attached hydrogens (tertiary/aromatic N) is 2. The Hall–Kier alpha value is -4.39. The summed E-state index contributed by atoms with van der Waals surface area (Å²) >= 11 is 0. The highest BCUT2D eigenvalue weighted by Crippen LogP contribution is 2.39. The number of nitrogens with one attached hydrogen (secondary N) is 1. The molecule has 36 heavy (non-hydrogen) atoms. The Morgan fingerprint density at radius 1 is 0.972 bits per heavy atom. The summed E-state index contributed by atoms with van der Waals surface area (Å²) in [6, 6.07) is 20.9. The van der Waals surface area contributed by atoms with E-state index in [1.165, 1.54) is 11.9 Å². The largest absolute Gasteiger partial charge is 0.497 e. The summed E-state index contributed by atoms with van der Waals surface area (Å²) in [4.78, 5) is 29.3. The normalized spacial score (nSPS) is 15.2. The van der Waals surface area contributed by atoms with E-state index in [1.54, 1.807) is 20.3 Å². The molecule has 2 heterocycles. The molecule has 1 aromatic heterocycles. The van der Waals surface area contributed by atoms with Crippen LogP contribution in [0.3, 0.4) is 0 Å². The number of hydrogen-bond donors (Lipinski definition) is 1. The molecule has 0 radical (unpaired) electrons. The second-order valence-corrected chi connectivity index (χ2v) is 8.90. The Bertz CT molecular complexity index is 1530. The minimum Gasteiger partial charge on any atom is -0.497 e. The molecular formula is C29H27N3O4. The first-order valence-electron chi connectivity index (χ1n) is 11.7. The maximum Gasteiger partial charge on any atom is 0.258 e. The van der Waals surface area contributed by atoms with Crippen LogP contribution in [0, 0.1) is 6.92 Å². The van der Waals surface area contributed by atoms with Crippen LogP contribution in [0.1, 0.15) is 36.1 Å². The molecule has 5 rings (SSSR count). The van der Waals surface area contributed by atoms with Crippen LogP contribution in [-0.2, 0) is 4.79 Å². The van der Waals surface area contributed by atoms with E-state index in [0.29, 0.717) is 29.2 Å². The molecule has 0 fully saturated rings. The fraction of sp³-hybridized carbons (Fsp3) is 0.207. The minimum absolute atomic E-state index is 0.217. The number of aromatic nitrogens is 1. The first-order valence-corrected chi connectivity index (χ1v) is 11.7. The van der Waals surface area contributed by atoms with Gasteiger partial charge in [0.2, 0.25) is 5.91 Å². The van der Waals surface area contributed by atoms with E-state index < -0.39 is 6.04 Å².